The minimum Gasteiger partial charge on any atom is -0.481 e. The van der Waals surface area contributed by atoms with Gasteiger partial charge in [-0.3, -0.25) is 4.98 Å². The highest BCUT2D eigenvalue weighted by atomic mass is 19.3. The van der Waals surface area contributed by atoms with E-state index in [1.165, 1.54) is 18.3 Å². The molecule has 7 heteroatoms. The van der Waals surface area contributed by atoms with Crippen LogP contribution in [0.25, 0.3) is 11.3 Å². The number of rotatable bonds is 7. The van der Waals surface area contributed by atoms with Gasteiger partial charge in [0.15, 0.2) is 0 Å². The van der Waals surface area contributed by atoms with E-state index in [2.05, 4.69) is 21.9 Å². The highest BCUT2D eigenvalue weighted by molar-refractivity contribution is 5.69. The normalized spacial score (nSPS) is 11.3. The van der Waals surface area contributed by atoms with Gasteiger partial charge in [0.2, 0.25) is 11.8 Å². The lowest BCUT2D eigenvalue weighted by Gasteiger charge is -2.14. The van der Waals surface area contributed by atoms with Crippen LogP contribution in [0, 0.1) is 0 Å². The molecule has 0 aliphatic carbocycles. The predicted molar refractivity (Wildman–Crippen MR) is 102 cm³/mol. The van der Waals surface area contributed by atoms with Crippen LogP contribution in [0.1, 0.15) is 31.5 Å². The Hall–Kier alpha value is -3.09. The number of aromatic nitrogens is 3. The lowest BCUT2D eigenvalue weighted by Crippen LogP contribution is -2.09. The van der Waals surface area contributed by atoms with Gasteiger partial charge < -0.3 is 9.47 Å². The zero-order valence-corrected chi connectivity index (χ0v) is 15.9. The molecule has 0 aliphatic heterocycles. The van der Waals surface area contributed by atoms with Crippen molar-refractivity contribution in [1.82, 2.24) is 15.0 Å². The van der Waals surface area contributed by atoms with E-state index in [-0.39, 0.29) is 5.69 Å². The summed E-state index contributed by atoms with van der Waals surface area (Å²) in [5.41, 5.74) is 2.13. The third-order valence-corrected chi connectivity index (χ3v) is 4.11. The molecule has 0 amide bonds. The Kier molecular flexibility index (Phi) is 5.82. The summed E-state index contributed by atoms with van der Waals surface area (Å²) in [6.45, 7) is 2.89. The van der Waals surface area contributed by atoms with Gasteiger partial charge in [-0.05, 0) is 36.2 Å². The number of halogens is 2. The Morgan fingerprint density at radius 3 is 2.54 bits per heavy atom. The molecule has 0 saturated carbocycles. The Morgan fingerprint density at radius 2 is 1.89 bits per heavy atom. The van der Waals surface area contributed by atoms with Crippen LogP contribution in [0.3, 0.4) is 0 Å². The van der Waals surface area contributed by atoms with E-state index in [0.29, 0.717) is 28.8 Å². The summed E-state index contributed by atoms with van der Waals surface area (Å²) in [5.74, 6) is -1.89. The quantitative estimate of drug-likeness (QED) is 0.545. The van der Waals surface area contributed by atoms with Crippen molar-refractivity contribution in [3.63, 3.8) is 0 Å². The molecule has 3 aromatic heterocycles. The molecule has 3 rings (SSSR count). The van der Waals surface area contributed by atoms with Gasteiger partial charge in [-0.2, -0.15) is 8.78 Å². The van der Waals surface area contributed by atoms with Gasteiger partial charge in [0, 0.05) is 19.2 Å². The van der Waals surface area contributed by atoms with Gasteiger partial charge >= 0.3 is 0 Å². The van der Waals surface area contributed by atoms with Gasteiger partial charge in [-0.15, -0.1) is 0 Å². The third-order valence-electron chi connectivity index (χ3n) is 4.11. The van der Waals surface area contributed by atoms with Crippen molar-refractivity contribution in [1.29, 1.82) is 0 Å². The standard InChI is InChI=1S/C21H21F2N3O2/c1-4-6-14-8-11-18(27-3)26-19(14)16-7-5-12-24-20(16)28-15-9-10-17(25-13-15)21(2,22)23/h5,7-13H,4,6H2,1-3H3. The SMILES string of the molecule is CCCc1ccc(OC)nc1-c1cccnc1Oc1ccc(C(C)(F)F)nc1. The molecule has 3 heterocycles. The largest absolute Gasteiger partial charge is 0.481 e. The smallest absolute Gasteiger partial charge is 0.286 e. The molecule has 0 spiro atoms. The summed E-state index contributed by atoms with van der Waals surface area (Å²) in [7, 11) is 1.56. The molecule has 0 N–H and O–H groups in total. The molecular weight excluding hydrogens is 364 g/mol. The van der Waals surface area contributed by atoms with Crippen LogP contribution in [0.2, 0.25) is 0 Å². The maximum Gasteiger partial charge on any atom is 0.286 e. The molecule has 5 nitrogen and oxygen atoms in total. The van der Waals surface area contributed by atoms with Crippen molar-refractivity contribution < 1.29 is 18.3 Å². The van der Waals surface area contributed by atoms with Gasteiger partial charge in [0.05, 0.1) is 24.6 Å². The summed E-state index contributed by atoms with van der Waals surface area (Å²) < 4.78 is 37.8. The van der Waals surface area contributed by atoms with Crippen molar-refractivity contribution >= 4 is 0 Å². The van der Waals surface area contributed by atoms with Crippen molar-refractivity contribution in [3.05, 3.63) is 60.0 Å². The van der Waals surface area contributed by atoms with E-state index < -0.39 is 5.92 Å². The molecule has 28 heavy (non-hydrogen) atoms. The van der Waals surface area contributed by atoms with Crippen LogP contribution < -0.4 is 9.47 Å². The molecule has 0 bridgehead atoms. The first-order valence-electron chi connectivity index (χ1n) is 8.94. The first-order valence-corrected chi connectivity index (χ1v) is 8.94. The Morgan fingerprint density at radius 1 is 1.07 bits per heavy atom. The summed E-state index contributed by atoms with van der Waals surface area (Å²) in [5, 5.41) is 0. The molecule has 0 unspecified atom stereocenters. The first kappa shape index (κ1) is 19.7. The predicted octanol–water partition coefficient (Wildman–Crippen LogP) is 5.40. The van der Waals surface area contributed by atoms with Gasteiger partial charge in [0.1, 0.15) is 11.4 Å². The van der Waals surface area contributed by atoms with Crippen molar-refractivity contribution in [2.75, 3.05) is 7.11 Å². The monoisotopic (exact) mass is 385 g/mol. The summed E-state index contributed by atoms with van der Waals surface area (Å²) in [4.78, 5) is 12.7. The van der Waals surface area contributed by atoms with E-state index in [1.54, 1.807) is 19.4 Å². The van der Waals surface area contributed by atoms with Crippen LogP contribution in [-0.2, 0) is 12.3 Å². The Bertz CT molecular complexity index is 941. The maximum absolute atomic E-state index is 13.4. The number of nitrogens with zero attached hydrogens (tertiary/aromatic N) is 3. The van der Waals surface area contributed by atoms with E-state index in [9.17, 15) is 8.78 Å². The van der Waals surface area contributed by atoms with E-state index in [1.807, 2.05) is 18.2 Å². The van der Waals surface area contributed by atoms with Gasteiger partial charge in [0.25, 0.3) is 5.92 Å². The van der Waals surface area contributed by atoms with Crippen LogP contribution >= 0.6 is 0 Å². The van der Waals surface area contributed by atoms with Crippen molar-refractivity contribution in [2.24, 2.45) is 0 Å². The molecule has 0 saturated heterocycles. The molecular formula is C21H21F2N3O2. The summed E-state index contributed by atoms with van der Waals surface area (Å²) in [6, 6.07) is 10.1. The van der Waals surface area contributed by atoms with E-state index >= 15 is 0 Å². The fraction of sp³-hybridized carbons (Fsp3) is 0.286. The van der Waals surface area contributed by atoms with Crippen LogP contribution in [0.4, 0.5) is 8.78 Å². The highest BCUT2D eigenvalue weighted by Crippen LogP contribution is 2.34. The lowest BCUT2D eigenvalue weighted by molar-refractivity contribution is 0.0127. The zero-order valence-electron chi connectivity index (χ0n) is 15.9. The molecule has 0 aliphatic rings. The topological polar surface area (TPSA) is 57.1 Å². The fourth-order valence-electron chi connectivity index (χ4n) is 2.75. The van der Waals surface area contributed by atoms with E-state index in [0.717, 1.165) is 25.3 Å². The van der Waals surface area contributed by atoms with Crippen molar-refractivity contribution in [2.45, 2.75) is 32.6 Å². The Balaban J connectivity index is 1.98. The molecule has 0 radical (unpaired) electrons. The number of ether oxygens (including phenoxy) is 2. The number of aryl methyl sites for hydroxylation is 1. The number of hydrogen-bond donors (Lipinski definition) is 0. The number of methoxy groups -OCH3 is 1. The molecule has 3 aromatic rings. The Labute approximate surface area is 162 Å². The average molecular weight is 385 g/mol. The molecule has 0 atom stereocenters. The van der Waals surface area contributed by atoms with Gasteiger partial charge in [-0.25, -0.2) is 9.97 Å². The van der Waals surface area contributed by atoms with Crippen LogP contribution in [-0.4, -0.2) is 22.1 Å². The van der Waals surface area contributed by atoms with Crippen LogP contribution in [0.15, 0.2) is 48.8 Å². The minimum absolute atomic E-state index is 0.313. The van der Waals surface area contributed by atoms with Crippen molar-refractivity contribution in [3.8, 4) is 28.8 Å². The molecule has 0 fully saturated rings. The van der Waals surface area contributed by atoms with E-state index in [4.69, 9.17) is 9.47 Å². The zero-order chi connectivity index (χ0) is 20.1. The number of pyridine rings is 3. The average Bonchev–Trinajstić information content (AvgIpc) is 2.69. The minimum atomic E-state index is -3.01. The number of alkyl halides is 2. The summed E-state index contributed by atoms with van der Waals surface area (Å²) in [6.07, 6.45) is 4.65. The van der Waals surface area contributed by atoms with Gasteiger partial charge in [-0.1, -0.05) is 19.4 Å². The second-order valence-electron chi connectivity index (χ2n) is 6.34. The third kappa shape index (κ3) is 4.42. The molecule has 0 aromatic carbocycles. The lowest BCUT2D eigenvalue weighted by atomic mass is 10.0. The summed E-state index contributed by atoms with van der Waals surface area (Å²) >= 11 is 0. The molecule has 146 valence electrons. The first-order chi connectivity index (χ1) is 13.4. The second-order valence-corrected chi connectivity index (χ2v) is 6.34. The number of hydrogen-bond acceptors (Lipinski definition) is 5. The van der Waals surface area contributed by atoms with Crippen LogP contribution in [0.5, 0.6) is 17.5 Å². The highest BCUT2D eigenvalue weighted by Gasteiger charge is 2.26. The maximum atomic E-state index is 13.4. The fourth-order valence-corrected chi connectivity index (χ4v) is 2.75. The second kappa shape index (κ2) is 8.29.